The Kier molecular flexibility index (Phi) is 7.70. The number of thiocyanates is 1. The van der Waals surface area contributed by atoms with Crippen molar-refractivity contribution in [3.05, 3.63) is 38.0 Å². The number of rotatable bonds is 5. The third-order valence-corrected chi connectivity index (χ3v) is 2.87. The van der Waals surface area contributed by atoms with Gasteiger partial charge in [0.2, 0.25) is 0 Å². The van der Waals surface area contributed by atoms with E-state index in [9.17, 15) is 0 Å². The summed E-state index contributed by atoms with van der Waals surface area (Å²) >= 11 is 3.09. The summed E-state index contributed by atoms with van der Waals surface area (Å²) in [5.41, 5.74) is -0.0434. The maximum atomic E-state index is 7.18. The molecule has 0 N–H and O–H groups in total. The summed E-state index contributed by atoms with van der Waals surface area (Å²) in [5, 5.41) is 8.63. The van der Waals surface area contributed by atoms with Crippen LogP contribution < -0.4 is 0 Å². The van der Waals surface area contributed by atoms with E-state index >= 15 is 0 Å². The van der Waals surface area contributed by atoms with Crippen molar-refractivity contribution in [1.29, 1.82) is 5.26 Å². The van der Waals surface area contributed by atoms with E-state index in [0.29, 0.717) is 0 Å². The predicted octanol–water partition coefficient (Wildman–Crippen LogP) is 3.17. The molecule has 0 aliphatic carbocycles. The van der Waals surface area contributed by atoms with Crippen molar-refractivity contribution in [1.82, 2.24) is 4.90 Å². The van der Waals surface area contributed by atoms with Gasteiger partial charge in [0.05, 0.1) is 5.54 Å². The van der Waals surface area contributed by atoms with Crippen molar-refractivity contribution >= 4 is 12.6 Å². The number of hydrogen-bond acceptors (Lipinski definition) is 3. The van der Waals surface area contributed by atoms with Gasteiger partial charge in [-0.3, -0.25) is 4.90 Å². The summed E-state index contributed by atoms with van der Waals surface area (Å²) < 4.78 is 0. The molecule has 1 saturated heterocycles. The van der Waals surface area contributed by atoms with E-state index < -0.39 is 0 Å². The van der Waals surface area contributed by atoms with Gasteiger partial charge in [-0.25, -0.2) is 0 Å². The monoisotopic (exact) mass is 236 g/mol. The first kappa shape index (κ1) is 15.0. The van der Waals surface area contributed by atoms with Crippen LogP contribution in [-0.2, 0) is 0 Å². The van der Waals surface area contributed by atoms with Gasteiger partial charge in [-0.1, -0.05) is 30.9 Å². The first-order valence-corrected chi connectivity index (χ1v) is 5.81. The summed E-state index contributed by atoms with van der Waals surface area (Å²) in [6, 6.07) is 0. The summed E-state index contributed by atoms with van der Waals surface area (Å²) in [5.74, 6) is 0. The first-order chi connectivity index (χ1) is 7.70. The number of hydrogen-bond donors (Lipinski definition) is 1. The minimum atomic E-state index is -0.0434. The molecule has 16 heavy (non-hydrogen) atoms. The minimum absolute atomic E-state index is 0.0434. The molecule has 0 saturated carbocycles. The molecule has 1 aliphatic heterocycles. The number of nitrogens with zero attached hydrogens (tertiary/aromatic N) is 2. The lowest BCUT2D eigenvalue weighted by Gasteiger charge is -2.36. The van der Waals surface area contributed by atoms with Crippen LogP contribution in [0.2, 0.25) is 0 Å². The molecule has 0 unspecified atom stereocenters. The molecule has 88 valence electrons. The highest BCUT2D eigenvalue weighted by Gasteiger charge is 2.30. The van der Waals surface area contributed by atoms with Gasteiger partial charge in [-0.05, 0) is 32.4 Å². The lowest BCUT2D eigenvalue weighted by atomic mass is 9.93. The molecule has 0 aromatic rings. The van der Waals surface area contributed by atoms with Crippen molar-refractivity contribution < 1.29 is 0 Å². The molecule has 2 nitrogen and oxygen atoms in total. The lowest BCUT2D eigenvalue weighted by Crippen LogP contribution is -2.43. The van der Waals surface area contributed by atoms with E-state index in [-0.39, 0.29) is 5.54 Å². The Balaban J connectivity index is 0.000000673. The van der Waals surface area contributed by atoms with Crippen LogP contribution in [-0.4, -0.2) is 23.5 Å². The van der Waals surface area contributed by atoms with Crippen LogP contribution in [0.3, 0.4) is 0 Å². The van der Waals surface area contributed by atoms with E-state index in [1.54, 1.807) is 0 Å². The van der Waals surface area contributed by atoms with Crippen LogP contribution in [0.25, 0.3) is 0 Å². The molecule has 1 fully saturated rings. The Morgan fingerprint density at radius 2 is 1.69 bits per heavy atom. The van der Waals surface area contributed by atoms with E-state index in [1.807, 2.05) is 18.2 Å². The number of nitriles is 1. The predicted molar refractivity (Wildman–Crippen MR) is 73.3 cm³/mol. The summed E-state index contributed by atoms with van der Waals surface area (Å²) in [4.78, 5) is 2.44. The molecule has 0 bridgehead atoms. The fourth-order valence-electron chi connectivity index (χ4n) is 2.00. The molecule has 0 atom stereocenters. The lowest BCUT2D eigenvalue weighted by molar-refractivity contribution is 0.216. The molecule has 3 heteroatoms. The van der Waals surface area contributed by atoms with Crippen molar-refractivity contribution in [3.8, 4) is 5.40 Å². The molecule has 0 aromatic carbocycles. The second-order valence-corrected chi connectivity index (χ2v) is 3.89. The van der Waals surface area contributed by atoms with Crippen LogP contribution in [0.15, 0.2) is 38.0 Å². The normalized spacial score (nSPS) is 15.5. The first-order valence-electron chi connectivity index (χ1n) is 5.37. The quantitative estimate of drug-likeness (QED) is 0.451. The highest BCUT2D eigenvalue weighted by atomic mass is 32.1. The molecule has 0 aromatic heterocycles. The molecule has 1 rings (SSSR count). The van der Waals surface area contributed by atoms with Gasteiger partial charge in [0, 0.05) is 0 Å². The third-order valence-electron chi connectivity index (χ3n) is 2.87. The van der Waals surface area contributed by atoms with E-state index in [2.05, 4.69) is 37.3 Å². The number of likely N-dealkylation sites (tertiary alicyclic amines) is 1. The van der Waals surface area contributed by atoms with Gasteiger partial charge in [0.1, 0.15) is 5.40 Å². The van der Waals surface area contributed by atoms with Gasteiger partial charge >= 0.3 is 0 Å². The van der Waals surface area contributed by atoms with E-state index in [1.165, 1.54) is 18.2 Å². The fraction of sp³-hybridized carbons (Fsp3) is 0.462. The zero-order valence-electron chi connectivity index (χ0n) is 9.73. The van der Waals surface area contributed by atoms with Crippen molar-refractivity contribution in [2.45, 2.75) is 24.8 Å². The Morgan fingerprint density at radius 3 is 2.00 bits per heavy atom. The maximum absolute atomic E-state index is 7.18. The standard InChI is InChI=1S/C12H19N.CHNS/c1-4-9-12(5-2,6-3)13-10-7-8-11-13;2-1-3/h4-6H,1-3,7-11H2;3H. The Morgan fingerprint density at radius 1 is 1.25 bits per heavy atom. The second kappa shape index (κ2) is 8.20. The summed E-state index contributed by atoms with van der Waals surface area (Å²) in [6.07, 6.45) is 9.43. The van der Waals surface area contributed by atoms with Crippen LogP contribution in [0.4, 0.5) is 0 Å². The van der Waals surface area contributed by atoms with E-state index in [0.717, 1.165) is 19.5 Å². The van der Waals surface area contributed by atoms with Crippen molar-refractivity contribution in [2.24, 2.45) is 0 Å². The van der Waals surface area contributed by atoms with Gasteiger partial charge in [-0.15, -0.1) is 19.7 Å². The van der Waals surface area contributed by atoms with Crippen molar-refractivity contribution in [3.63, 3.8) is 0 Å². The third kappa shape index (κ3) is 3.88. The average molecular weight is 236 g/mol. The highest BCUT2D eigenvalue weighted by molar-refractivity contribution is 7.85. The Bertz CT molecular complexity index is 264. The zero-order chi connectivity index (χ0) is 12.4. The highest BCUT2D eigenvalue weighted by Crippen LogP contribution is 2.27. The number of thiol groups is 1. The largest absolute Gasteiger partial charge is 0.291 e. The summed E-state index contributed by atoms with van der Waals surface area (Å²) in [7, 11) is 0. The van der Waals surface area contributed by atoms with Gasteiger partial charge < -0.3 is 0 Å². The minimum Gasteiger partial charge on any atom is -0.291 e. The van der Waals surface area contributed by atoms with Crippen LogP contribution >= 0.6 is 12.6 Å². The fourth-order valence-corrected chi connectivity index (χ4v) is 2.00. The van der Waals surface area contributed by atoms with Crippen molar-refractivity contribution in [2.75, 3.05) is 13.1 Å². The molecule has 0 radical (unpaired) electrons. The molecule has 0 amide bonds. The average Bonchev–Trinajstić information content (AvgIpc) is 2.81. The zero-order valence-corrected chi connectivity index (χ0v) is 10.6. The summed E-state index contributed by atoms with van der Waals surface area (Å²) in [6.45, 7) is 13.9. The maximum Gasteiger partial charge on any atom is 0.130 e. The Labute approximate surface area is 104 Å². The van der Waals surface area contributed by atoms with Crippen LogP contribution in [0.1, 0.15) is 19.3 Å². The van der Waals surface area contributed by atoms with Crippen LogP contribution in [0, 0.1) is 10.7 Å². The second-order valence-electron chi connectivity index (χ2n) is 3.69. The molecule has 1 heterocycles. The Hall–Kier alpha value is -0.980. The van der Waals surface area contributed by atoms with Gasteiger partial charge in [-0.2, -0.15) is 5.26 Å². The molecular weight excluding hydrogens is 216 g/mol. The SMILES string of the molecule is C=CCC(C=C)(C=C)N1CCCC1.N#CS. The molecule has 0 spiro atoms. The van der Waals surface area contributed by atoms with Crippen LogP contribution in [0.5, 0.6) is 0 Å². The van der Waals surface area contributed by atoms with Gasteiger partial charge in [0.15, 0.2) is 0 Å². The smallest absolute Gasteiger partial charge is 0.130 e. The molecule has 1 aliphatic rings. The van der Waals surface area contributed by atoms with E-state index in [4.69, 9.17) is 5.26 Å². The molecular formula is C13H20N2S. The van der Waals surface area contributed by atoms with Gasteiger partial charge in [0.25, 0.3) is 0 Å². The topological polar surface area (TPSA) is 27.0 Å².